The van der Waals surface area contributed by atoms with Crippen LogP contribution in [0.1, 0.15) is 25.0 Å². The maximum Gasteiger partial charge on any atom is 0.0415 e. The molecule has 0 fully saturated rings. The van der Waals surface area contributed by atoms with E-state index in [0.717, 1.165) is 26.2 Å². The number of nitrogens with one attached hydrogen (secondary N) is 2. The van der Waals surface area contributed by atoms with Crippen LogP contribution in [0.2, 0.25) is 0 Å². The molecule has 2 N–H and O–H groups in total. The molecule has 0 aliphatic carbocycles. The largest absolute Gasteiger partial charge is 0.381 e. The molecule has 1 aromatic carbocycles. The van der Waals surface area contributed by atoms with E-state index in [-0.39, 0.29) is 0 Å². The van der Waals surface area contributed by atoms with Gasteiger partial charge in [0.25, 0.3) is 0 Å². The topological polar surface area (TPSA) is 31.1 Å². The van der Waals surface area contributed by atoms with Crippen LogP contribution in [0.5, 0.6) is 0 Å². The average molecular weight is 257 g/mol. The molecule has 0 amide bonds. The van der Waals surface area contributed by atoms with E-state index in [1.165, 1.54) is 16.8 Å². The quantitative estimate of drug-likeness (QED) is 0.795. The Bertz CT molecular complexity index is 472. The summed E-state index contributed by atoms with van der Waals surface area (Å²) in [5.41, 5.74) is 3.82. The first-order valence-corrected chi connectivity index (χ1v) is 6.98. The summed E-state index contributed by atoms with van der Waals surface area (Å²) >= 11 is 0. The Morgan fingerprint density at radius 1 is 1.11 bits per heavy atom. The highest BCUT2D eigenvalue weighted by Crippen LogP contribution is 2.13. The molecule has 0 saturated heterocycles. The molecule has 0 aliphatic heterocycles. The van der Waals surface area contributed by atoms with Crippen LogP contribution < -0.4 is 5.32 Å². The van der Waals surface area contributed by atoms with Crippen LogP contribution in [0.3, 0.4) is 0 Å². The molecule has 0 spiro atoms. The maximum absolute atomic E-state index is 3.46. The molecule has 0 aliphatic rings. The van der Waals surface area contributed by atoms with Crippen molar-refractivity contribution in [2.45, 2.75) is 26.9 Å². The Balaban J connectivity index is 1.94. The Hall–Kier alpha value is -1.74. The lowest BCUT2D eigenvalue weighted by molar-refractivity contribution is 0.296. The fourth-order valence-electron chi connectivity index (χ4n) is 2.16. The van der Waals surface area contributed by atoms with Gasteiger partial charge in [0.15, 0.2) is 0 Å². The summed E-state index contributed by atoms with van der Waals surface area (Å²) in [4.78, 5) is 5.49. The normalized spacial score (nSPS) is 10.9. The summed E-state index contributed by atoms with van der Waals surface area (Å²) in [6.07, 6.45) is 3.97. The highest BCUT2D eigenvalue weighted by Gasteiger charge is 2.02. The zero-order valence-corrected chi connectivity index (χ0v) is 11.8. The second-order valence-electron chi connectivity index (χ2n) is 4.73. The van der Waals surface area contributed by atoms with Gasteiger partial charge in [0.05, 0.1) is 0 Å². The lowest BCUT2D eigenvalue weighted by Crippen LogP contribution is -2.22. The van der Waals surface area contributed by atoms with E-state index in [1.807, 2.05) is 12.4 Å². The van der Waals surface area contributed by atoms with Crippen molar-refractivity contribution in [3.8, 4) is 0 Å². The van der Waals surface area contributed by atoms with Crippen LogP contribution in [0.4, 0.5) is 5.69 Å². The minimum absolute atomic E-state index is 0.859. The molecular formula is C16H23N3. The smallest absolute Gasteiger partial charge is 0.0415 e. The minimum atomic E-state index is 0.859. The highest BCUT2D eigenvalue weighted by atomic mass is 15.1. The molecule has 1 aromatic heterocycles. The Kier molecular flexibility index (Phi) is 5.04. The molecule has 0 bridgehead atoms. The molecule has 0 atom stereocenters. The molecule has 0 radical (unpaired) electrons. The van der Waals surface area contributed by atoms with Crippen molar-refractivity contribution in [3.63, 3.8) is 0 Å². The second kappa shape index (κ2) is 7.00. The monoisotopic (exact) mass is 257 g/mol. The first-order valence-electron chi connectivity index (χ1n) is 6.98. The number of aromatic amines is 1. The maximum atomic E-state index is 3.46. The van der Waals surface area contributed by atoms with Gasteiger partial charge in [0.2, 0.25) is 0 Å². The van der Waals surface area contributed by atoms with E-state index in [0.29, 0.717) is 0 Å². The summed E-state index contributed by atoms with van der Waals surface area (Å²) in [5.74, 6) is 0. The molecule has 2 rings (SSSR count). The minimum Gasteiger partial charge on any atom is -0.381 e. The van der Waals surface area contributed by atoms with Crippen molar-refractivity contribution < 1.29 is 0 Å². The van der Waals surface area contributed by atoms with Crippen molar-refractivity contribution in [1.29, 1.82) is 0 Å². The number of hydrogen-bond donors (Lipinski definition) is 2. The number of hydrogen-bond acceptors (Lipinski definition) is 2. The van der Waals surface area contributed by atoms with Crippen molar-refractivity contribution in [2.75, 3.05) is 18.4 Å². The SMILES string of the molecule is CCN(CC)Cc1cccc(NCc2cc[nH]c2)c1. The fraction of sp³-hybridized carbons (Fsp3) is 0.375. The lowest BCUT2D eigenvalue weighted by atomic mass is 10.2. The zero-order valence-electron chi connectivity index (χ0n) is 11.8. The van der Waals surface area contributed by atoms with Gasteiger partial charge in [-0.15, -0.1) is 0 Å². The zero-order chi connectivity index (χ0) is 13.5. The van der Waals surface area contributed by atoms with Crippen molar-refractivity contribution in [3.05, 3.63) is 53.9 Å². The van der Waals surface area contributed by atoms with E-state index in [4.69, 9.17) is 0 Å². The van der Waals surface area contributed by atoms with Crippen molar-refractivity contribution >= 4 is 5.69 Å². The van der Waals surface area contributed by atoms with Gasteiger partial charge in [-0.3, -0.25) is 4.90 Å². The van der Waals surface area contributed by atoms with E-state index in [2.05, 4.69) is 59.4 Å². The van der Waals surface area contributed by atoms with E-state index >= 15 is 0 Å². The Morgan fingerprint density at radius 3 is 2.63 bits per heavy atom. The number of anilines is 1. The van der Waals surface area contributed by atoms with Crippen LogP contribution in [0.25, 0.3) is 0 Å². The van der Waals surface area contributed by atoms with Gasteiger partial charge in [0, 0.05) is 31.2 Å². The molecule has 19 heavy (non-hydrogen) atoms. The van der Waals surface area contributed by atoms with Gasteiger partial charge in [-0.05, 0) is 42.4 Å². The summed E-state index contributed by atoms with van der Waals surface area (Å²) in [7, 11) is 0. The summed E-state index contributed by atoms with van der Waals surface area (Å²) in [6.45, 7) is 8.48. The third kappa shape index (κ3) is 4.14. The van der Waals surface area contributed by atoms with E-state index in [9.17, 15) is 0 Å². The molecule has 2 aromatic rings. The molecule has 102 valence electrons. The molecule has 3 nitrogen and oxygen atoms in total. The van der Waals surface area contributed by atoms with Gasteiger partial charge in [-0.1, -0.05) is 26.0 Å². The molecule has 3 heteroatoms. The number of nitrogens with zero attached hydrogens (tertiary/aromatic N) is 1. The van der Waals surface area contributed by atoms with E-state index in [1.54, 1.807) is 0 Å². The van der Waals surface area contributed by atoms with Crippen LogP contribution in [0, 0.1) is 0 Å². The summed E-state index contributed by atoms with van der Waals surface area (Å²) < 4.78 is 0. The molecular weight excluding hydrogens is 234 g/mol. The van der Waals surface area contributed by atoms with Gasteiger partial charge in [-0.2, -0.15) is 0 Å². The lowest BCUT2D eigenvalue weighted by Gasteiger charge is -2.18. The summed E-state index contributed by atoms with van der Waals surface area (Å²) in [5, 5.41) is 3.46. The predicted molar refractivity (Wildman–Crippen MR) is 81.2 cm³/mol. The van der Waals surface area contributed by atoms with Gasteiger partial charge in [0.1, 0.15) is 0 Å². The number of H-pyrrole nitrogens is 1. The predicted octanol–water partition coefficient (Wildman–Crippen LogP) is 3.47. The number of rotatable bonds is 7. The first-order chi connectivity index (χ1) is 9.31. The molecule has 0 saturated carbocycles. The standard InChI is InChI=1S/C16H23N3/c1-3-19(4-2)13-14-6-5-7-16(10-14)18-12-15-8-9-17-11-15/h5-11,17-18H,3-4,12-13H2,1-2H3. The highest BCUT2D eigenvalue weighted by molar-refractivity contribution is 5.46. The van der Waals surface area contributed by atoms with Crippen molar-refractivity contribution in [2.24, 2.45) is 0 Å². The van der Waals surface area contributed by atoms with Crippen LogP contribution >= 0.6 is 0 Å². The van der Waals surface area contributed by atoms with Gasteiger partial charge >= 0.3 is 0 Å². The van der Waals surface area contributed by atoms with Gasteiger partial charge < -0.3 is 10.3 Å². The van der Waals surface area contributed by atoms with Crippen molar-refractivity contribution in [1.82, 2.24) is 9.88 Å². The number of aromatic nitrogens is 1. The summed E-state index contributed by atoms with van der Waals surface area (Å²) in [6, 6.07) is 10.8. The van der Waals surface area contributed by atoms with Crippen LogP contribution in [-0.4, -0.2) is 23.0 Å². The fourth-order valence-corrected chi connectivity index (χ4v) is 2.16. The third-order valence-corrected chi connectivity index (χ3v) is 3.39. The molecule has 1 heterocycles. The van der Waals surface area contributed by atoms with Gasteiger partial charge in [-0.25, -0.2) is 0 Å². The third-order valence-electron chi connectivity index (χ3n) is 3.39. The number of benzene rings is 1. The Morgan fingerprint density at radius 2 is 1.95 bits per heavy atom. The molecule has 0 unspecified atom stereocenters. The first kappa shape index (κ1) is 13.7. The Labute approximate surface area is 115 Å². The second-order valence-corrected chi connectivity index (χ2v) is 4.73. The van der Waals surface area contributed by atoms with Crippen LogP contribution in [-0.2, 0) is 13.1 Å². The van der Waals surface area contributed by atoms with Crippen LogP contribution in [0.15, 0.2) is 42.7 Å². The average Bonchev–Trinajstić information content (AvgIpc) is 2.96. The van der Waals surface area contributed by atoms with E-state index < -0.39 is 0 Å².